The summed E-state index contributed by atoms with van der Waals surface area (Å²) in [6.45, 7) is 14.2. The smallest absolute Gasteiger partial charge is 0.132 e. The van der Waals surface area contributed by atoms with Crippen molar-refractivity contribution in [3.8, 4) is 5.69 Å². The van der Waals surface area contributed by atoms with Crippen LogP contribution in [0.1, 0.15) is 49.4 Å². The monoisotopic (exact) mass is 456 g/mol. The Hall–Kier alpha value is -1.95. The maximum absolute atomic E-state index is 13.8. The predicted octanol–water partition coefficient (Wildman–Crippen LogP) is 6.35. The number of hydrogen-bond donors (Lipinski definition) is 0. The van der Waals surface area contributed by atoms with Crippen LogP contribution in [0.5, 0.6) is 0 Å². The normalized spacial score (nSPS) is 17.0. The molecule has 1 atom stereocenters. The van der Waals surface area contributed by atoms with Crippen molar-refractivity contribution in [1.29, 1.82) is 0 Å². The molecule has 1 unspecified atom stereocenters. The Morgan fingerprint density at radius 1 is 1.13 bits per heavy atom. The third-order valence-electron chi connectivity index (χ3n) is 6.86. The van der Waals surface area contributed by atoms with E-state index >= 15 is 0 Å². The lowest BCUT2D eigenvalue weighted by Gasteiger charge is -2.36. The zero-order valence-corrected chi connectivity index (χ0v) is 20.8. The van der Waals surface area contributed by atoms with Crippen molar-refractivity contribution in [3.63, 3.8) is 0 Å². The molecular weight excluding hydrogens is 427 g/mol. The molecule has 2 heterocycles. The van der Waals surface area contributed by atoms with Crippen molar-refractivity contribution in [2.75, 3.05) is 6.61 Å². The van der Waals surface area contributed by atoms with E-state index < -0.39 is 8.07 Å². The van der Waals surface area contributed by atoms with E-state index in [2.05, 4.69) is 44.5 Å². The van der Waals surface area contributed by atoms with Gasteiger partial charge in [0.1, 0.15) is 20.0 Å². The van der Waals surface area contributed by atoms with Crippen LogP contribution in [0.15, 0.2) is 42.5 Å². The van der Waals surface area contributed by atoms with Gasteiger partial charge in [0, 0.05) is 17.1 Å². The fourth-order valence-corrected chi connectivity index (χ4v) is 5.99. The number of fused-ring (bicyclic) bond motifs is 1. The molecule has 0 bridgehead atoms. The summed E-state index contributed by atoms with van der Waals surface area (Å²) in [7, 11) is -2.01. The lowest BCUT2D eigenvalue weighted by Crippen LogP contribution is -2.54. The van der Waals surface area contributed by atoms with E-state index in [1.54, 1.807) is 0 Å². The highest BCUT2D eigenvalue weighted by Gasteiger charge is 2.43. The number of aromatic nitrogens is 2. The molecule has 1 aliphatic heterocycles. The van der Waals surface area contributed by atoms with E-state index in [4.69, 9.17) is 21.3 Å². The predicted molar refractivity (Wildman–Crippen MR) is 128 cm³/mol. The van der Waals surface area contributed by atoms with Crippen LogP contribution in [0.2, 0.25) is 23.2 Å². The van der Waals surface area contributed by atoms with Crippen molar-refractivity contribution in [2.45, 2.75) is 58.4 Å². The number of halogens is 2. The Bertz CT molecular complexity index is 1120. The molecule has 0 spiro atoms. The first-order valence-electron chi connectivity index (χ1n) is 10.8. The van der Waals surface area contributed by atoms with Gasteiger partial charge in [-0.1, -0.05) is 57.6 Å². The van der Waals surface area contributed by atoms with Crippen LogP contribution in [0, 0.1) is 12.7 Å². The SMILES string of the molecule is Cc1cc(C2OCCc3nc([Si](C)(C)C(C)(C)C)n(-c4ccc(F)cc4)c32)ccc1Cl. The molecule has 1 aliphatic rings. The average molecular weight is 457 g/mol. The lowest BCUT2D eigenvalue weighted by atomic mass is 9.99. The zero-order chi connectivity index (χ0) is 22.6. The number of hydrogen-bond acceptors (Lipinski definition) is 2. The van der Waals surface area contributed by atoms with Crippen molar-refractivity contribution in [2.24, 2.45) is 0 Å². The van der Waals surface area contributed by atoms with Gasteiger partial charge in [0.2, 0.25) is 0 Å². The summed E-state index contributed by atoms with van der Waals surface area (Å²) >= 11 is 6.29. The molecule has 0 aliphatic carbocycles. The van der Waals surface area contributed by atoms with Gasteiger partial charge in [-0.15, -0.1) is 0 Å². The standard InChI is InChI=1S/C25H30ClFN2OSi/c1-16-15-17(7-12-20(16)26)23-22-21(13-14-30-23)28-24(31(5,6)25(2,3)4)29(22)19-10-8-18(27)9-11-19/h7-12,15,23H,13-14H2,1-6H3. The second-order valence-electron chi connectivity index (χ2n) is 9.96. The molecule has 0 radical (unpaired) electrons. The Balaban J connectivity index is 1.99. The van der Waals surface area contributed by atoms with E-state index in [9.17, 15) is 4.39 Å². The van der Waals surface area contributed by atoms with Gasteiger partial charge in [-0.2, -0.15) is 0 Å². The minimum atomic E-state index is -2.01. The molecule has 3 nitrogen and oxygen atoms in total. The molecule has 3 aromatic rings. The van der Waals surface area contributed by atoms with Gasteiger partial charge < -0.3 is 9.30 Å². The van der Waals surface area contributed by atoms with Crippen LogP contribution < -0.4 is 5.45 Å². The van der Waals surface area contributed by atoms with Gasteiger partial charge in [0.05, 0.1) is 23.4 Å². The molecule has 0 saturated carbocycles. The maximum Gasteiger partial charge on any atom is 0.132 e. The molecule has 2 aromatic carbocycles. The molecule has 31 heavy (non-hydrogen) atoms. The number of benzene rings is 2. The summed E-state index contributed by atoms with van der Waals surface area (Å²) in [6.07, 6.45) is 0.532. The van der Waals surface area contributed by atoms with E-state index in [0.29, 0.717) is 6.61 Å². The Morgan fingerprint density at radius 2 is 1.81 bits per heavy atom. The zero-order valence-electron chi connectivity index (χ0n) is 19.1. The van der Waals surface area contributed by atoms with E-state index in [-0.39, 0.29) is 17.0 Å². The molecule has 164 valence electrons. The minimum absolute atomic E-state index is 0.103. The number of rotatable bonds is 3. The van der Waals surface area contributed by atoms with Crippen molar-refractivity contribution in [1.82, 2.24) is 9.55 Å². The summed E-state index contributed by atoms with van der Waals surface area (Å²) in [5.74, 6) is -0.243. The van der Waals surface area contributed by atoms with Crippen LogP contribution in [0.3, 0.4) is 0 Å². The lowest BCUT2D eigenvalue weighted by molar-refractivity contribution is 0.0650. The van der Waals surface area contributed by atoms with Crippen molar-refractivity contribution in [3.05, 3.63) is 75.8 Å². The van der Waals surface area contributed by atoms with Crippen LogP contribution in [0.25, 0.3) is 5.69 Å². The summed E-state index contributed by atoms with van der Waals surface area (Å²) < 4.78 is 22.3. The number of imidazole rings is 1. The van der Waals surface area contributed by atoms with Crippen LogP contribution >= 0.6 is 11.6 Å². The highest BCUT2D eigenvalue weighted by molar-refractivity contribution is 6.91. The Kier molecular flexibility index (Phi) is 5.65. The average Bonchev–Trinajstić information content (AvgIpc) is 3.10. The molecule has 4 rings (SSSR count). The summed E-state index contributed by atoms with van der Waals surface area (Å²) in [5, 5.41) is 0.847. The second kappa shape index (κ2) is 7.87. The summed E-state index contributed by atoms with van der Waals surface area (Å²) in [5.41, 5.74) is 6.25. The maximum atomic E-state index is 13.8. The highest BCUT2D eigenvalue weighted by atomic mass is 35.5. The molecule has 6 heteroatoms. The van der Waals surface area contributed by atoms with Crippen LogP contribution in [0.4, 0.5) is 4.39 Å². The van der Waals surface area contributed by atoms with Gasteiger partial charge in [-0.05, 0) is 53.4 Å². The van der Waals surface area contributed by atoms with Gasteiger partial charge in [-0.3, -0.25) is 0 Å². The molecule has 1 aromatic heterocycles. The Labute approximate surface area is 190 Å². The largest absolute Gasteiger partial charge is 0.367 e. The highest BCUT2D eigenvalue weighted by Crippen LogP contribution is 2.39. The van der Waals surface area contributed by atoms with Crippen LogP contribution in [-0.2, 0) is 11.2 Å². The van der Waals surface area contributed by atoms with Crippen molar-refractivity contribution < 1.29 is 9.13 Å². The van der Waals surface area contributed by atoms with Gasteiger partial charge in [-0.25, -0.2) is 9.37 Å². The van der Waals surface area contributed by atoms with Gasteiger partial charge >= 0.3 is 0 Å². The molecule has 0 N–H and O–H groups in total. The molecular formula is C25H30ClFN2OSi. The van der Waals surface area contributed by atoms with E-state index in [1.165, 1.54) is 12.1 Å². The van der Waals surface area contributed by atoms with Gasteiger partial charge in [0.15, 0.2) is 0 Å². The number of aryl methyl sites for hydroxylation is 1. The molecule has 0 fully saturated rings. The summed E-state index contributed by atoms with van der Waals surface area (Å²) in [6, 6.07) is 12.8. The first kappa shape index (κ1) is 22.2. The first-order chi connectivity index (χ1) is 14.5. The van der Waals surface area contributed by atoms with Crippen molar-refractivity contribution >= 4 is 25.1 Å². The third-order valence-corrected chi connectivity index (χ3v) is 12.5. The fourth-order valence-electron chi connectivity index (χ4n) is 3.97. The number of nitrogens with zero attached hydrogens (tertiary/aromatic N) is 2. The topological polar surface area (TPSA) is 27.1 Å². The minimum Gasteiger partial charge on any atom is -0.367 e. The van der Waals surface area contributed by atoms with Crippen LogP contribution in [-0.4, -0.2) is 24.2 Å². The van der Waals surface area contributed by atoms with E-state index in [1.807, 2.05) is 31.2 Å². The fraction of sp³-hybridized carbons (Fsp3) is 0.400. The Morgan fingerprint density at radius 3 is 2.42 bits per heavy atom. The van der Waals surface area contributed by atoms with Gasteiger partial charge in [0.25, 0.3) is 0 Å². The quantitative estimate of drug-likeness (QED) is 0.429. The van der Waals surface area contributed by atoms with E-state index in [0.717, 1.165) is 45.1 Å². The third kappa shape index (κ3) is 3.88. The summed E-state index contributed by atoms with van der Waals surface area (Å²) in [4.78, 5) is 5.23. The first-order valence-corrected chi connectivity index (χ1v) is 14.1. The molecule has 0 amide bonds. The molecule has 0 saturated heterocycles. The number of ether oxygens (including phenoxy) is 1. The second-order valence-corrected chi connectivity index (χ2v) is 15.6.